The van der Waals surface area contributed by atoms with Crippen molar-refractivity contribution < 1.29 is 0 Å². The van der Waals surface area contributed by atoms with Crippen LogP contribution in [0, 0.1) is 28.6 Å². The van der Waals surface area contributed by atoms with Crippen LogP contribution in [0.25, 0.3) is 0 Å². The molecule has 3 nitrogen and oxygen atoms in total. The van der Waals surface area contributed by atoms with Gasteiger partial charge in [-0.1, -0.05) is 33.1 Å². The van der Waals surface area contributed by atoms with Crippen LogP contribution in [0.3, 0.4) is 0 Å². The number of nitrogens with zero attached hydrogens (tertiary/aromatic N) is 3. The number of hydrogen-bond donors (Lipinski definition) is 0. The highest BCUT2D eigenvalue weighted by Gasteiger charge is 2.06. The van der Waals surface area contributed by atoms with Gasteiger partial charge in [-0.3, -0.25) is 0 Å². The van der Waals surface area contributed by atoms with Gasteiger partial charge in [-0.2, -0.15) is 10.5 Å². The molecule has 0 heterocycles. The lowest BCUT2D eigenvalue weighted by atomic mass is 9.99. The van der Waals surface area contributed by atoms with E-state index in [1.54, 1.807) is 12.2 Å². The fourth-order valence-corrected chi connectivity index (χ4v) is 1.77. The van der Waals surface area contributed by atoms with Gasteiger partial charge in [0.05, 0.1) is 0 Å². The van der Waals surface area contributed by atoms with E-state index in [1.807, 2.05) is 25.4 Å². The van der Waals surface area contributed by atoms with E-state index in [-0.39, 0.29) is 5.57 Å². The summed E-state index contributed by atoms with van der Waals surface area (Å²) in [6.07, 6.45) is 10.2. The van der Waals surface area contributed by atoms with Crippen LogP contribution in [0.5, 0.6) is 0 Å². The van der Waals surface area contributed by atoms with Gasteiger partial charge in [0.2, 0.25) is 0 Å². The van der Waals surface area contributed by atoms with Crippen molar-refractivity contribution in [3.63, 3.8) is 0 Å². The number of nitriles is 2. The van der Waals surface area contributed by atoms with Gasteiger partial charge in [-0.05, 0) is 30.7 Å². The topological polar surface area (TPSA) is 50.8 Å². The Kier molecular flexibility index (Phi) is 9.41. The smallest absolute Gasteiger partial charge is 0.129 e. The monoisotopic (exact) mass is 245 g/mol. The largest absolute Gasteiger partial charge is 0.380 e. The quantitative estimate of drug-likeness (QED) is 0.484. The van der Waals surface area contributed by atoms with E-state index in [0.717, 1.165) is 12.5 Å². The Labute approximate surface area is 111 Å². The van der Waals surface area contributed by atoms with Gasteiger partial charge in [0.25, 0.3) is 0 Å². The van der Waals surface area contributed by atoms with E-state index in [1.165, 1.54) is 25.7 Å². The molecule has 0 aliphatic rings. The zero-order valence-corrected chi connectivity index (χ0v) is 11.7. The first-order chi connectivity index (χ1) is 8.67. The van der Waals surface area contributed by atoms with Crippen molar-refractivity contribution in [2.75, 3.05) is 13.6 Å². The van der Waals surface area contributed by atoms with Crippen LogP contribution in [-0.2, 0) is 0 Å². The minimum atomic E-state index is 0.137. The predicted octanol–water partition coefficient (Wildman–Crippen LogP) is 3.62. The van der Waals surface area contributed by atoms with E-state index in [4.69, 9.17) is 10.5 Å². The van der Waals surface area contributed by atoms with Gasteiger partial charge < -0.3 is 4.90 Å². The molecule has 1 atom stereocenters. The highest BCUT2D eigenvalue weighted by atomic mass is 15.1. The highest BCUT2D eigenvalue weighted by Crippen LogP contribution is 2.13. The van der Waals surface area contributed by atoms with Crippen LogP contribution in [-0.4, -0.2) is 18.5 Å². The Hall–Kier alpha value is -1.74. The van der Waals surface area contributed by atoms with Crippen molar-refractivity contribution in [3.05, 3.63) is 23.9 Å². The third-order valence-corrected chi connectivity index (χ3v) is 2.93. The number of rotatable bonds is 8. The molecule has 0 radical (unpaired) electrons. The minimum absolute atomic E-state index is 0.137. The van der Waals surface area contributed by atoms with Crippen LogP contribution in [0.15, 0.2) is 23.9 Å². The maximum absolute atomic E-state index is 8.58. The Bertz CT molecular complexity index is 339. The van der Waals surface area contributed by atoms with Gasteiger partial charge >= 0.3 is 0 Å². The maximum Gasteiger partial charge on any atom is 0.129 e. The molecule has 0 bridgehead atoms. The van der Waals surface area contributed by atoms with Crippen molar-refractivity contribution in [1.82, 2.24) is 4.90 Å². The van der Waals surface area contributed by atoms with Crippen molar-refractivity contribution >= 4 is 0 Å². The molecular formula is C15H23N3. The van der Waals surface area contributed by atoms with Crippen molar-refractivity contribution in [2.45, 2.75) is 39.5 Å². The van der Waals surface area contributed by atoms with Crippen LogP contribution < -0.4 is 0 Å². The molecule has 1 unspecified atom stereocenters. The summed E-state index contributed by atoms with van der Waals surface area (Å²) in [5.41, 5.74) is 0.137. The zero-order chi connectivity index (χ0) is 13.8. The third kappa shape index (κ3) is 7.52. The molecule has 3 heteroatoms. The SMILES string of the molecule is CCCCC(CC)CN(C)/C=C/C=C(C#N)C#N. The second-order valence-corrected chi connectivity index (χ2v) is 4.50. The molecule has 0 rings (SSSR count). The first kappa shape index (κ1) is 16.3. The highest BCUT2D eigenvalue weighted by molar-refractivity contribution is 5.37. The van der Waals surface area contributed by atoms with E-state index in [9.17, 15) is 0 Å². The molecule has 0 spiro atoms. The van der Waals surface area contributed by atoms with Crippen LogP contribution in [0.4, 0.5) is 0 Å². The molecule has 0 N–H and O–H groups in total. The van der Waals surface area contributed by atoms with Crippen LogP contribution in [0.1, 0.15) is 39.5 Å². The first-order valence-electron chi connectivity index (χ1n) is 6.56. The molecule has 0 fully saturated rings. The molecule has 0 saturated heterocycles. The predicted molar refractivity (Wildman–Crippen MR) is 74.4 cm³/mol. The van der Waals surface area contributed by atoms with E-state index >= 15 is 0 Å². The summed E-state index contributed by atoms with van der Waals surface area (Å²) in [6.45, 7) is 5.46. The average molecular weight is 245 g/mol. The molecule has 98 valence electrons. The maximum atomic E-state index is 8.58. The van der Waals surface area contributed by atoms with E-state index in [0.29, 0.717) is 0 Å². The average Bonchev–Trinajstić information content (AvgIpc) is 2.39. The molecule has 18 heavy (non-hydrogen) atoms. The van der Waals surface area contributed by atoms with Crippen molar-refractivity contribution in [2.24, 2.45) is 5.92 Å². The van der Waals surface area contributed by atoms with E-state index in [2.05, 4.69) is 18.7 Å². The summed E-state index contributed by atoms with van der Waals surface area (Å²) < 4.78 is 0. The second kappa shape index (κ2) is 10.4. The van der Waals surface area contributed by atoms with Gasteiger partial charge in [0, 0.05) is 13.6 Å². The first-order valence-corrected chi connectivity index (χ1v) is 6.56. The lowest BCUT2D eigenvalue weighted by Crippen LogP contribution is -2.20. The Morgan fingerprint density at radius 1 is 1.28 bits per heavy atom. The van der Waals surface area contributed by atoms with Gasteiger partial charge in [0.15, 0.2) is 0 Å². The second-order valence-electron chi connectivity index (χ2n) is 4.50. The van der Waals surface area contributed by atoms with Crippen LogP contribution in [0.2, 0.25) is 0 Å². The molecule has 0 aromatic heterocycles. The molecule has 0 aliphatic heterocycles. The number of allylic oxidation sites excluding steroid dienone is 3. The summed E-state index contributed by atoms with van der Waals surface area (Å²) in [5, 5.41) is 17.2. The minimum Gasteiger partial charge on any atom is -0.380 e. The Morgan fingerprint density at radius 2 is 1.94 bits per heavy atom. The lowest BCUT2D eigenvalue weighted by molar-refractivity contribution is 0.325. The summed E-state index contributed by atoms with van der Waals surface area (Å²) in [6, 6.07) is 3.67. The summed E-state index contributed by atoms with van der Waals surface area (Å²) in [5.74, 6) is 0.718. The van der Waals surface area contributed by atoms with E-state index < -0.39 is 0 Å². The fourth-order valence-electron chi connectivity index (χ4n) is 1.77. The van der Waals surface area contributed by atoms with Gasteiger partial charge in [0.1, 0.15) is 17.7 Å². The number of hydrogen-bond acceptors (Lipinski definition) is 3. The molecule has 0 amide bonds. The van der Waals surface area contributed by atoms with Crippen molar-refractivity contribution in [3.8, 4) is 12.1 Å². The standard InChI is InChI=1S/C15H23N3/c1-4-6-8-14(5-2)13-18(3)10-7-9-15(11-16)12-17/h7,9-10,14H,4-6,8,13H2,1-3H3/b10-7+. The Morgan fingerprint density at radius 3 is 2.44 bits per heavy atom. The van der Waals surface area contributed by atoms with Gasteiger partial charge in [-0.25, -0.2) is 0 Å². The lowest BCUT2D eigenvalue weighted by Gasteiger charge is -2.21. The summed E-state index contributed by atoms with van der Waals surface area (Å²) in [4.78, 5) is 2.12. The molecular weight excluding hydrogens is 222 g/mol. The molecule has 0 aromatic carbocycles. The number of unbranched alkanes of at least 4 members (excludes halogenated alkanes) is 1. The third-order valence-electron chi connectivity index (χ3n) is 2.93. The zero-order valence-electron chi connectivity index (χ0n) is 11.7. The summed E-state index contributed by atoms with van der Waals surface area (Å²) in [7, 11) is 2.03. The van der Waals surface area contributed by atoms with Crippen LogP contribution >= 0.6 is 0 Å². The van der Waals surface area contributed by atoms with Gasteiger partial charge in [-0.15, -0.1) is 0 Å². The van der Waals surface area contributed by atoms with Crippen molar-refractivity contribution in [1.29, 1.82) is 10.5 Å². The normalized spacial score (nSPS) is 11.6. The molecule has 0 aliphatic carbocycles. The summed E-state index contributed by atoms with van der Waals surface area (Å²) >= 11 is 0. The molecule has 0 aromatic rings. The Balaban J connectivity index is 4.21. The molecule has 0 saturated carbocycles. The fraction of sp³-hybridized carbons (Fsp3) is 0.600.